The minimum Gasteiger partial charge on any atom is -0.295 e. The van der Waals surface area contributed by atoms with Crippen LogP contribution in [0, 0.1) is 11.8 Å². The first-order valence-corrected chi connectivity index (χ1v) is 5.32. The van der Waals surface area contributed by atoms with Gasteiger partial charge in [-0.25, -0.2) is 0 Å². The summed E-state index contributed by atoms with van der Waals surface area (Å²) in [6.45, 7) is 10.1. The highest BCUT2D eigenvalue weighted by Gasteiger charge is 2.00. The van der Waals surface area contributed by atoms with Crippen molar-refractivity contribution < 1.29 is 4.79 Å². The zero-order chi connectivity index (χ0) is 11.1. The molecule has 0 aliphatic rings. The molecule has 0 amide bonds. The van der Waals surface area contributed by atoms with Crippen molar-refractivity contribution in [3.8, 4) is 0 Å². The molecular weight excluding hydrogens is 172 g/mol. The van der Waals surface area contributed by atoms with Gasteiger partial charge in [0.1, 0.15) is 0 Å². The molecule has 0 aromatic rings. The molecule has 0 saturated heterocycles. The number of carbonyl (C=O) groups excluding carboxylic acids is 1. The third-order valence-corrected chi connectivity index (χ3v) is 1.88. The molecule has 0 unspecified atom stereocenters. The highest BCUT2D eigenvalue weighted by Crippen LogP contribution is 2.08. The molecule has 0 atom stereocenters. The molecule has 0 rings (SSSR count). The van der Waals surface area contributed by atoms with Crippen LogP contribution in [-0.4, -0.2) is 5.78 Å². The predicted molar refractivity (Wildman–Crippen MR) is 62.2 cm³/mol. The van der Waals surface area contributed by atoms with Gasteiger partial charge in [0.05, 0.1) is 0 Å². The van der Waals surface area contributed by atoms with E-state index in [1.807, 2.05) is 12.2 Å². The summed E-state index contributed by atoms with van der Waals surface area (Å²) in [4.78, 5) is 11.2. The number of Topliss-reactive ketones (excluding diaryl/α,β-unsaturated/α-hetero) is 1. The van der Waals surface area contributed by atoms with Crippen LogP contribution in [0.25, 0.3) is 0 Å². The molecule has 0 aromatic heterocycles. The molecule has 0 N–H and O–H groups in total. The smallest absolute Gasteiger partial charge is 0.159 e. The van der Waals surface area contributed by atoms with Crippen LogP contribution in [0.1, 0.15) is 41.0 Å². The van der Waals surface area contributed by atoms with Gasteiger partial charge in [-0.3, -0.25) is 4.79 Å². The van der Waals surface area contributed by atoms with Gasteiger partial charge in [-0.2, -0.15) is 0 Å². The van der Waals surface area contributed by atoms with Crippen LogP contribution < -0.4 is 0 Å². The van der Waals surface area contributed by atoms with Crippen LogP contribution >= 0.6 is 0 Å². The molecule has 1 nitrogen and oxygen atoms in total. The Balaban J connectivity index is 4.44. The van der Waals surface area contributed by atoms with Gasteiger partial charge in [0.2, 0.25) is 0 Å². The molecular formula is C13H22O. The zero-order valence-electron chi connectivity index (χ0n) is 10.0. The maximum Gasteiger partial charge on any atom is 0.159 e. The number of rotatable bonds is 5. The van der Waals surface area contributed by atoms with Crippen LogP contribution in [-0.2, 0) is 4.79 Å². The quantitative estimate of drug-likeness (QED) is 0.481. The van der Waals surface area contributed by atoms with E-state index in [1.165, 1.54) is 0 Å². The second kappa shape index (κ2) is 6.58. The Bertz CT molecular complexity index is 232. The normalized spacial score (nSPS) is 13.2. The standard InChI is InChI=1S/C13H22O/c1-10(2)6-8-13(12(5)14)9-7-11(3)4/h6,8-11H,7H2,1-5H3/b8-6+,13-9-. The predicted octanol–water partition coefficient (Wildman–Crippen LogP) is 3.76. The average Bonchev–Trinajstić information content (AvgIpc) is 2.02. The van der Waals surface area contributed by atoms with Gasteiger partial charge < -0.3 is 0 Å². The first-order chi connectivity index (χ1) is 6.43. The molecule has 0 aliphatic carbocycles. The van der Waals surface area contributed by atoms with Crippen molar-refractivity contribution in [2.45, 2.75) is 41.0 Å². The van der Waals surface area contributed by atoms with Gasteiger partial charge in [-0.05, 0) is 25.2 Å². The summed E-state index contributed by atoms with van der Waals surface area (Å²) >= 11 is 0. The van der Waals surface area contributed by atoms with Gasteiger partial charge in [-0.15, -0.1) is 0 Å². The molecule has 0 saturated carbocycles. The van der Waals surface area contributed by atoms with Crippen LogP contribution in [0.4, 0.5) is 0 Å². The lowest BCUT2D eigenvalue weighted by atomic mass is 10.0. The van der Waals surface area contributed by atoms with Crippen molar-refractivity contribution in [2.24, 2.45) is 11.8 Å². The van der Waals surface area contributed by atoms with Crippen LogP contribution in [0.5, 0.6) is 0 Å². The van der Waals surface area contributed by atoms with Gasteiger partial charge in [0.15, 0.2) is 5.78 Å². The van der Waals surface area contributed by atoms with Crippen molar-refractivity contribution in [1.82, 2.24) is 0 Å². The van der Waals surface area contributed by atoms with E-state index in [4.69, 9.17) is 0 Å². The summed E-state index contributed by atoms with van der Waals surface area (Å²) in [6, 6.07) is 0. The lowest BCUT2D eigenvalue weighted by Gasteiger charge is -2.01. The average molecular weight is 194 g/mol. The van der Waals surface area contributed by atoms with Crippen molar-refractivity contribution in [3.63, 3.8) is 0 Å². The maximum absolute atomic E-state index is 11.2. The SMILES string of the molecule is CC(=O)C(=C\CC(C)C)/C=C/C(C)C. The van der Waals surface area contributed by atoms with E-state index in [0.29, 0.717) is 11.8 Å². The second-order valence-corrected chi connectivity index (χ2v) is 4.45. The third-order valence-electron chi connectivity index (χ3n) is 1.88. The van der Waals surface area contributed by atoms with Crippen molar-refractivity contribution in [1.29, 1.82) is 0 Å². The number of hydrogen-bond acceptors (Lipinski definition) is 1. The molecule has 0 aromatic carbocycles. The van der Waals surface area contributed by atoms with E-state index in [-0.39, 0.29) is 5.78 Å². The monoisotopic (exact) mass is 194 g/mol. The van der Waals surface area contributed by atoms with E-state index in [1.54, 1.807) is 6.92 Å². The topological polar surface area (TPSA) is 17.1 Å². The fraction of sp³-hybridized carbons (Fsp3) is 0.615. The lowest BCUT2D eigenvalue weighted by Crippen LogP contribution is -1.95. The summed E-state index contributed by atoms with van der Waals surface area (Å²) < 4.78 is 0. The fourth-order valence-electron chi connectivity index (χ4n) is 0.988. The number of hydrogen-bond donors (Lipinski definition) is 0. The summed E-state index contributed by atoms with van der Waals surface area (Å²) in [7, 11) is 0. The largest absolute Gasteiger partial charge is 0.295 e. The maximum atomic E-state index is 11.2. The Kier molecular flexibility index (Phi) is 6.18. The molecule has 14 heavy (non-hydrogen) atoms. The first-order valence-electron chi connectivity index (χ1n) is 5.32. The Morgan fingerprint density at radius 2 is 1.79 bits per heavy atom. The lowest BCUT2D eigenvalue weighted by molar-refractivity contribution is -0.113. The summed E-state index contributed by atoms with van der Waals surface area (Å²) in [5.41, 5.74) is 0.840. The Morgan fingerprint density at radius 1 is 1.21 bits per heavy atom. The van der Waals surface area contributed by atoms with E-state index < -0.39 is 0 Å². The van der Waals surface area contributed by atoms with Crippen molar-refractivity contribution >= 4 is 5.78 Å². The first kappa shape index (κ1) is 13.2. The molecule has 0 radical (unpaired) electrons. The van der Waals surface area contributed by atoms with E-state index in [0.717, 1.165) is 12.0 Å². The molecule has 0 bridgehead atoms. The van der Waals surface area contributed by atoms with Gasteiger partial charge in [-0.1, -0.05) is 45.9 Å². The van der Waals surface area contributed by atoms with Crippen molar-refractivity contribution in [2.75, 3.05) is 0 Å². The van der Waals surface area contributed by atoms with E-state index >= 15 is 0 Å². The molecule has 1 heteroatoms. The summed E-state index contributed by atoms with van der Waals surface area (Å²) in [6.07, 6.45) is 7.01. The number of carbonyl (C=O) groups is 1. The Labute approximate surface area is 87.9 Å². The molecule has 0 heterocycles. The minimum atomic E-state index is 0.155. The van der Waals surface area contributed by atoms with Gasteiger partial charge in [0, 0.05) is 5.57 Å². The molecule has 0 fully saturated rings. The fourth-order valence-corrected chi connectivity index (χ4v) is 0.988. The second-order valence-electron chi connectivity index (χ2n) is 4.45. The van der Waals surface area contributed by atoms with E-state index in [9.17, 15) is 4.79 Å². The van der Waals surface area contributed by atoms with Crippen LogP contribution in [0.2, 0.25) is 0 Å². The summed E-state index contributed by atoms with van der Waals surface area (Å²) in [5, 5.41) is 0. The zero-order valence-corrected chi connectivity index (χ0v) is 10.0. The van der Waals surface area contributed by atoms with Gasteiger partial charge >= 0.3 is 0 Å². The van der Waals surface area contributed by atoms with Gasteiger partial charge in [0.25, 0.3) is 0 Å². The van der Waals surface area contributed by atoms with E-state index in [2.05, 4.69) is 33.8 Å². The molecule has 80 valence electrons. The number of allylic oxidation sites excluding steroid dienone is 4. The van der Waals surface area contributed by atoms with Crippen LogP contribution in [0.15, 0.2) is 23.8 Å². The third kappa shape index (κ3) is 6.64. The summed E-state index contributed by atoms with van der Waals surface area (Å²) in [5.74, 6) is 1.26. The Hall–Kier alpha value is -0.850. The Morgan fingerprint density at radius 3 is 2.14 bits per heavy atom. The highest BCUT2D eigenvalue weighted by atomic mass is 16.1. The minimum absolute atomic E-state index is 0.155. The molecule has 0 aliphatic heterocycles. The van der Waals surface area contributed by atoms with Crippen molar-refractivity contribution in [3.05, 3.63) is 23.8 Å². The van der Waals surface area contributed by atoms with Crippen LogP contribution in [0.3, 0.4) is 0 Å². The highest BCUT2D eigenvalue weighted by molar-refractivity contribution is 5.95. The number of ketones is 1. The molecule has 0 spiro atoms.